The number of piperidine rings is 1. The molecule has 8 heteroatoms. The van der Waals surface area contributed by atoms with E-state index < -0.39 is 0 Å². The van der Waals surface area contributed by atoms with E-state index >= 15 is 0 Å². The van der Waals surface area contributed by atoms with Gasteiger partial charge in [-0.2, -0.15) is 0 Å². The maximum absolute atomic E-state index is 12.6. The van der Waals surface area contributed by atoms with Crippen LogP contribution in [0.15, 0.2) is 30.6 Å². The maximum atomic E-state index is 12.6. The number of methoxy groups -OCH3 is 1. The number of anilines is 2. The Morgan fingerprint density at radius 2 is 2.08 bits per heavy atom. The molecular formula is C18H22ClN5O2. The number of aromatic nitrogens is 2. The maximum Gasteiger partial charge on any atom is 0.227 e. The Bertz CT molecular complexity index is 778. The summed E-state index contributed by atoms with van der Waals surface area (Å²) in [4.78, 5) is 22.5. The zero-order valence-corrected chi connectivity index (χ0v) is 15.4. The highest BCUT2D eigenvalue weighted by molar-refractivity contribution is 6.35. The van der Waals surface area contributed by atoms with Gasteiger partial charge in [0, 0.05) is 24.7 Å². The van der Waals surface area contributed by atoms with E-state index in [9.17, 15) is 4.79 Å². The minimum absolute atomic E-state index is 0.109. The van der Waals surface area contributed by atoms with Crippen molar-refractivity contribution in [2.75, 3.05) is 31.2 Å². The van der Waals surface area contributed by atoms with E-state index in [4.69, 9.17) is 22.1 Å². The highest BCUT2D eigenvalue weighted by Crippen LogP contribution is 2.26. The van der Waals surface area contributed by atoms with Crippen molar-refractivity contribution in [3.8, 4) is 5.75 Å². The number of rotatable bonds is 5. The molecule has 26 heavy (non-hydrogen) atoms. The number of halogens is 1. The van der Waals surface area contributed by atoms with E-state index in [1.807, 2.05) is 29.2 Å². The Balaban J connectivity index is 1.55. The molecule has 1 aromatic heterocycles. The number of hydrogen-bond acceptors (Lipinski definition) is 6. The lowest BCUT2D eigenvalue weighted by molar-refractivity contribution is -0.131. The molecule has 1 saturated heterocycles. The van der Waals surface area contributed by atoms with E-state index in [0.29, 0.717) is 30.4 Å². The van der Waals surface area contributed by atoms with Crippen molar-refractivity contribution < 1.29 is 9.53 Å². The van der Waals surface area contributed by atoms with E-state index in [1.54, 1.807) is 7.11 Å². The van der Waals surface area contributed by atoms with Gasteiger partial charge in [0.15, 0.2) is 5.82 Å². The fourth-order valence-electron chi connectivity index (χ4n) is 3.07. The Labute approximate surface area is 157 Å². The summed E-state index contributed by atoms with van der Waals surface area (Å²) in [7, 11) is 1.62. The molecule has 0 aliphatic carbocycles. The summed E-state index contributed by atoms with van der Waals surface area (Å²) >= 11 is 6.12. The summed E-state index contributed by atoms with van der Waals surface area (Å²) in [6.07, 6.45) is 3.36. The molecule has 0 bridgehead atoms. The first-order chi connectivity index (χ1) is 12.6. The first-order valence-corrected chi connectivity index (χ1v) is 8.88. The zero-order chi connectivity index (χ0) is 18.5. The smallest absolute Gasteiger partial charge is 0.227 e. The quantitative estimate of drug-likeness (QED) is 0.833. The lowest BCUT2D eigenvalue weighted by atomic mass is 10.0. The van der Waals surface area contributed by atoms with Crippen LogP contribution in [0.3, 0.4) is 0 Å². The van der Waals surface area contributed by atoms with Crippen LogP contribution in [-0.4, -0.2) is 47.0 Å². The van der Waals surface area contributed by atoms with Gasteiger partial charge in [0.1, 0.15) is 22.9 Å². The lowest BCUT2D eigenvalue weighted by Crippen LogP contribution is -2.43. The van der Waals surface area contributed by atoms with E-state index in [0.717, 1.165) is 24.2 Å². The number of benzene rings is 1. The molecule has 138 valence electrons. The number of nitrogens with zero attached hydrogens (tertiary/aromatic N) is 3. The average Bonchev–Trinajstić information content (AvgIpc) is 2.66. The molecule has 7 nitrogen and oxygen atoms in total. The van der Waals surface area contributed by atoms with Crippen LogP contribution in [0.4, 0.5) is 11.6 Å². The van der Waals surface area contributed by atoms with Gasteiger partial charge in [0.05, 0.1) is 13.5 Å². The molecule has 0 atom stereocenters. The van der Waals surface area contributed by atoms with Gasteiger partial charge in [0.2, 0.25) is 5.91 Å². The first kappa shape index (κ1) is 18.3. The fraction of sp³-hybridized carbons (Fsp3) is 0.389. The van der Waals surface area contributed by atoms with Crippen LogP contribution in [0, 0.1) is 0 Å². The Kier molecular flexibility index (Phi) is 5.78. The molecule has 1 aliphatic rings. The molecule has 1 aliphatic heterocycles. The number of ether oxygens (including phenoxy) is 1. The van der Waals surface area contributed by atoms with Gasteiger partial charge in [-0.15, -0.1) is 0 Å². The van der Waals surface area contributed by atoms with Crippen molar-refractivity contribution in [1.29, 1.82) is 0 Å². The highest BCUT2D eigenvalue weighted by Gasteiger charge is 2.24. The number of nitrogens with one attached hydrogen (secondary N) is 1. The molecule has 1 aromatic carbocycles. The molecule has 0 saturated carbocycles. The molecule has 1 fully saturated rings. The van der Waals surface area contributed by atoms with Gasteiger partial charge >= 0.3 is 0 Å². The normalized spacial score (nSPS) is 14.9. The number of hydrogen-bond donors (Lipinski definition) is 2. The van der Waals surface area contributed by atoms with Crippen LogP contribution in [0.2, 0.25) is 5.02 Å². The second-order valence-corrected chi connectivity index (χ2v) is 6.59. The lowest BCUT2D eigenvalue weighted by Gasteiger charge is -2.33. The number of carbonyl (C=O) groups is 1. The minimum Gasteiger partial charge on any atom is -0.496 e. The molecule has 0 radical (unpaired) electrons. The number of likely N-dealkylation sites (tertiary alicyclic amines) is 1. The van der Waals surface area contributed by atoms with Crippen molar-refractivity contribution in [2.24, 2.45) is 0 Å². The van der Waals surface area contributed by atoms with E-state index in [-0.39, 0.29) is 17.8 Å². The fourth-order valence-corrected chi connectivity index (χ4v) is 3.23. The van der Waals surface area contributed by atoms with Crippen LogP contribution in [0.1, 0.15) is 18.4 Å². The van der Waals surface area contributed by atoms with Gasteiger partial charge < -0.3 is 20.7 Å². The molecular weight excluding hydrogens is 354 g/mol. The Morgan fingerprint density at radius 3 is 2.81 bits per heavy atom. The highest BCUT2D eigenvalue weighted by atomic mass is 35.5. The predicted octanol–water partition coefficient (Wildman–Crippen LogP) is 2.37. The summed E-state index contributed by atoms with van der Waals surface area (Å²) < 4.78 is 5.32. The van der Waals surface area contributed by atoms with Crippen molar-refractivity contribution >= 4 is 29.1 Å². The Morgan fingerprint density at radius 1 is 1.35 bits per heavy atom. The third-order valence-electron chi connectivity index (χ3n) is 4.54. The second-order valence-electron chi connectivity index (χ2n) is 6.21. The van der Waals surface area contributed by atoms with Crippen LogP contribution < -0.4 is 15.8 Å². The summed E-state index contributed by atoms with van der Waals surface area (Å²) in [6, 6.07) is 7.80. The van der Waals surface area contributed by atoms with Gasteiger partial charge in [-0.3, -0.25) is 4.79 Å². The molecule has 2 aromatic rings. The van der Waals surface area contributed by atoms with Crippen molar-refractivity contribution in [3.05, 3.63) is 41.2 Å². The van der Waals surface area contributed by atoms with Crippen LogP contribution in [-0.2, 0) is 11.2 Å². The zero-order valence-electron chi connectivity index (χ0n) is 14.6. The first-order valence-electron chi connectivity index (χ1n) is 8.50. The molecule has 2 heterocycles. The average molecular weight is 376 g/mol. The van der Waals surface area contributed by atoms with Crippen molar-refractivity contribution in [2.45, 2.75) is 25.3 Å². The number of nitrogens with two attached hydrogens (primary N) is 1. The van der Waals surface area contributed by atoms with Gasteiger partial charge in [-0.1, -0.05) is 29.8 Å². The van der Waals surface area contributed by atoms with Crippen LogP contribution >= 0.6 is 11.6 Å². The van der Waals surface area contributed by atoms with Crippen LogP contribution in [0.5, 0.6) is 5.75 Å². The number of para-hydroxylation sites is 1. The monoisotopic (exact) mass is 375 g/mol. The Hall–Kier alpha value is -2.54. The number of nitrogen functional groups attached to an aromatic ring is 1. The predicted molar refractivity (Wildman–Crippen MR) is 101 cm³/mol. The molecule has 3 N–H and O–H groups in total. The molecule has 0 spiro atoms. The second kappa shape index (κ2) is 8.23. The minimum atomic E-state index is 0.109. The number of amides is 1. The van der Waals surface area contributed by atoms with Gasteiger partial charge in [-0.25, -0.2) is 9.97 Å². The molecule has 1 amide bonds. The SMILES string of the molecule is COc1ccccc1CC(=O)N1CCC(Nc2ncnc(N)c2Cl)CC1. The largest absolute Gasteiger partial charge is 0.496 e. The van der Waals surface area contributed by atoms with E-state index in [1.165, 1.54) is 6.33 Å². The van der Waals surface area contributed by atoms with Gasteiger partial charge in [0.25, 0.3) is 0 Å². The van der Waals surface area contributed by atoms with Gasteiger partial charge in [-0.05, 0) is 18.9 Å². The topological polar surface area (TPSA) is 93.4 Å². The summed E-state index contributed by atoms with van der Waals surface area (Å²) in [5.41, 5.74) is 6.60. The third-order valence-corrected chi connectivity index (χ3v) is 4.91. The summed E-state index contributed by atoms with van der Waals surface area (Å²) in [5, 5.41) is 3.63. The van der Waals surface area contributed by atoms with Crippen molar-refractivity contribution in [3.63, 3.8) is 0 Å². The summed E-state index contributed by atoms with van der Waals surface area (Å²) in [5.74, 6) is 1.65. The van der Waals surface area contributed by atoms with E-state index in [2.05, 4.69) is 15.3 Å². The third kappa shape index (κ3) is 4.16. The van der Waals surface area contributed by atoms with Crippen LogP contribution in [0.25, 0.3) is 0 Å². The summed E-state index contributed by atoms with van der Waals surface area (Å²) in [6.45, 7) is 1.37. The molecule has 0 unspecified atom stereocenters. The van der Waals surface area contributed by atoms with Crippen molar-refractivity contribution in [1.82, 2.24) is 14.9 Å². The number of carbonyl (C=O) groups excluding carboxylic acids is 1. The standard InChI is InChI=1S/C18H22ClN5O2/c1-26-14-5-3-2-4-12(14)10-15(25)24-8-6-13(7-9-24)23-18-16(19)17(20)21-11-22-18/h2-5,11,13H,6-10H2,1H3,(H3,20,21,22,23). The molecule has 3 rings (SSSR count).